The van der Waals surface area contributed by atoms with Crippen LogP contribution in [0.1, 0.15) is 5.69 Å². The van der Waals surface area contributed by atoms with Crippen LogP contribution in [0.4, 0.5) is 0 Å². The van der Waals surface area contributed by atoms with Gasteiger partial charge in [-0.3, -0.25) is 0 Å². The van der Waals surface area contributed by atoms with E-state index in [-0.39, 0.29) is 5.76 Å². The largest absolute Gasteiger partial charge is 0.477 e. The molecule has 6 nitrogen and oxygen atoms in total. The van der Waals surface area contributed by atoms with Crippen molar-refractivity contribution in [2.75, 3.05) is 0 Å². The number of aliphatic carboxylic acids is 1. The van der Waals surface area contributed by atoms with Gasteiger partial charge in [-0.1, -0.05) is 16.8 Å². The van der Waals surface area contributed by atoms with Gasteiger partial charge in [-0.15, -0.1) is 0 Å². The van der Waals surface area contributed by atoms with E-state index in [1.807, 2.05) is 0 Å². The Morgan fingerprint density at radius 1 is 1.28 bits per heavy atom. The SMILES string of the molecule is O=C(O)C(O)(O)c1cc(-c2ccc(Cl)cc2)on1. The number of carboxylic acids is 1. The van der Waals surface area contributed by atoms with Gasteiger partial charge in [-0.2, -0.15) is 0 Å². The van der Waals surface area contributed by atoms with E-state index in [9.17, 15) is 15.0 Å². The first-order chi connectivity index (χ1) is 8.41. The minimum atomic E-state index is -3.08. The number of nitrogens with zero attached hydrogens (tertiary/aromatic N) is 1. The molecule has 0 saturated carbocycles. The Kier molecular flexibility index (Phi) is 3.08. The molecule has 0 atom stereocenters. The van der Waals surface area contributed by atoms with Crippen molar-refractivity contribution in [3.63, 3.8) is 0 Å². The Morgan fingerprint density at radius 3 is 2.44 bits per heavy atom. The summed E-state index contributed by atoms with van der Waals surface area (Å²) in [6.07, 6.45) is 0. The summed E-state index contributed by atoms with van der Waals surface area (Å²) in [7, 11) is 0. The quantitative estimate of drug-likeness (QED) is 0.724. The van der Waals surface area contributed by atoms with Gasteiger partial charge in [0.25, 0.3) is 0 Å². The number of hydrogen-bond donors (Lipinski definition) is 3. The lowest BCUT2D eigenvalue weighted by Gasteiger charge is -2.11. The molecule has 3 N–H and O–H groups in total. The molecule has 94 valence electrons. The molecule has 1 aromatic carbocycles. The van der Waals surface area contributed by atoms with Crippen molar-refractivity contribution in [2.24, 2.45) is 0 Å². The first kappa shape index (κ1) is 12.6. The van der Waals surface area contributed by atoms with Crippen molar-refractivity contribution >= 4 is 17.6 Å². The number of carbonyl (C=O) groups is 1. The third kappa shape index (κ3) is 2.21. The summed E-state index contributed by atoms with van der Waals surface area (Å²) in [6.45, 7) is 0. The van der Waals surface area contributed by atoms with Crippen molar-refractivity contribution < 1.29 is 24.6 Å². The van der Waals surface area contributed by atoms with Crippen LogP contribution < -0.4 is 0 Å². The predicted octanol–water partition coefficient (Wildman–Crippen LogP) is 1.22. The fourth-order valence-electron chi connectivity index (χ4n) is 1.30. The zero-order valence-electron chi connectivity index (χ0n) is 8.87. The Balaban J connectivity index is 2.37. The van der Waals surface area contributed by atoms with Gasteiger partial charge >= 0.3 is 11.8 Å². The molecule has 0 saturated heterocycles. The minimum absolute atomic E-state index is 0.204. The molecule has 1 heterocycles. The minimum Gasteiger partial charge on any atom is -0.477 e. The Hall–Kier alpha value is -1.89. The molecule has 0 amide bonds. The van der Waals surface area contributed by atoms with E-state index >= 15 is 0 Å². The highest BCUT2D eigenvalue weighted by Gasteiger charge is 2.39. The lowest BCUT2D eigenvalue weighted by molar-refractivity contribution is -0.209. The summed E-state index contributed by atoms with van der Waals surface area (Å²) in [5.74, 6) is -4.71. The number of aromatic nitrogens is 1. The van der Waals surface area contributed by atoms with Crippen LogP contribution in [-0.4, -0.2) is 26.4 Å². The Bertz CT molecular complexity index is 575. The fourth-order valence-corrected chi connectivity index (χ4v) is 1.43. The molecule has 1 aromatic heterocycles. The van der Waals surface area contributed by atoms with Crippen LogP contribution in [0.25, 0.3) is 11.3 Å². The molecule has 0 aliphatic rings. The number of carboxylic acid groups (broad SMARTS) is 1. The summed E-state index contributed by atoms with van der Waals surface area (Å²) in [4.78, 5) is 10.6. The van der Waals surface area contributed by atoms with Crippen molar-refractivity contribution in [3.05, 3.63) is 41.0 Å². The van der Waals surface area contributed by atoms with E-state index < -0.39 is 17.5 Å². The van der Waals surface area contributed by atoms with Gasteiger partial charge in [0.15, 0.2) is 11.5 Å². The maximum atomic E-state index is 10.6. The van der Waals surface area contributed by atoms with Gasteiger partial charge in [0.2, 0.25) is 0 Å². The second kappa shape index (κ2) is 4.41. The van der Waals surface area contributed by atoms with Crippen LogP contribution in [0.2, 0.25) is 5.02 Å². The molecule has 2 aromatic rings. The van der Waals surface area contributed by atoms with Gasteiger partial charge in [-0.25, -0.2) is 4.79 Å². The van der Waals surface area contributed by atoms with E-state index in [0.717, 1.165) is 6.07 Å². The summed E-state index contributed by atoms with van der Waals surface area (Å²) in [5.41, 5.74) is 0.0827. The van der Waals surface area contributed by atoms with E-state index in [1.54, 1.807) is 24.3 Å². The predicted molar refractivity (Wildman–Crippen MR) is 60.7 cm³/mol. The standard InChI is InChI=1S/C11H8ClNO5/c12-7-3-1-6(2-4-7)8-5-9(13-18-8)11(16,17)10(14)15/h1-5,16-17H,(H,14,15). The van der Waals surface area contributed by atoms with Crippen molar-refractivity contribution in [2.45, 2.75) is 5.79 Å². The number of halogens is 1. The van der Waals surface area contributed by atoms with Crippen LogP contribution in [0.15, 0.2) is 34.9 Å². The van der Waals surface area contributed by atoms with E-state index in [2.05, 4.69) is 5.16 Å². The molecule has 0 fully saturated rings. The third-order valence-corrected chi connectivity index (χ3v) is 2.55. The van der Waals surface area contributed by atoms with E-state index in [4.69, 9.17) is 21.2 Å². The molecular weight excluding hydrogens is 262 g/mol. The molecular formula is C11H8ClNO5. The molecule has 0 aliphatic heterocycles. The lowest BCUT2D eigenvalue weighted by atomic mass is 10.1. The van der Waals surface area contributed by atoms with Gasteiger partial charge in [-0.05, 0) is 24.3 Å². The van der Waals surface area contributed by atoms with Crippen molar-refractivity contribution in [3.8, 4) is 11.3 Å². The number of benzene rings is 1. The van der Waals surface area contributed by atoms with Crippen LogP contribution in [0, 0.1) is 0 Å². The molecule has 0 aliphatic carbocycles. The molecule has 18 heavy (non-hydrogen) atoms. The smallest absolute Gasteiger partial charge is 0.371 e. The zero-order valence-corrected chi connectivity index (χ0v) is 9.63. The summed E-state index contributed by atoms with van der Waals surface area (Å²) in [6, 6.07) is 7.62. The van der Waals surface area contributed by atoms with Crippen LogP contribution in [0.5, 0.6) is 0 Å². The Labute approximate surface area is 106 Å². The molecule has 0 spiro atoms. The second-order valence-corrected chi connectivity index (χ2v) is 4.00. The maximum Gasteiger partial charge on any atom is 0.371 e. The van der Waals surface area contributed by atoms with Gasteiger partial charge in [0.1, 0.15) is 0 Å². The highest BCUT2D eigenvalue weighted by molar-refractivity contribution is 6.30. The van der Waals surface area contributed by atoms with Crippen LogP contribution >= 0.6 is 11.6 Å². The highest BCUT2D eigenvalue weighted by atomic mass is 35.5. The molecule has 0 bridgehead atoms. The number of hydrogen-bond acceptors (Lipinski definition) is 5. The topological polar surface area (TPSA) is 104 Å². The monoisotopic (exact) mass is 269 g/mol. The van der Waals surface area contributed by atoms with Gasteiger partial charge in [0.05, 0.1) is 0 Å². The van der Waals surface area contributed by atoms with Gasteiger partial charge in [0, 0.05) is 16.7 Å². The lowest BCUT2D eigenvalue weighted by Crippen LogP contribution is -2.35. The third-order valence-electron chi connectivity index (χ3n) is 2.29. The van der Waals surface area contributed by atoms with Gasteiger partial charge < -0.3 is 19.8 Å². The summed E-state index contributed by atoms with van der Waals surface area (Å²) in [5, 5.41) is 31.0. The molecule has 0 radical (unpaired) electrons. The van der Waals surface area contributed by atoms with Crippen molar-refractivity contribution in [1.29, 1.82) is 0 Å². The molecule has 0 unspecified atom stereocenters. The fraction of sp³-hybridized carbons (Fsp3) is 0.0909. The molecule has 2 rings (SSSR count). The van der Waals surface area contributed by atoms with Crippen LogP contribution in [-0.2, 0) is 10.6 Å². The average molecular weight is 270 g/mol. The van der Waals surface area contributed by atoms with E-state index in [1.165, 1.54) is 0 Å². The second-order valence-electron chi connectivity index (χ2n) is 3.56. The maximum absolute atomic E-state index is 10.6. The highest BCUT2D eigenvalue weighted by Crippen LogP contribution is 2.26. The number of aliphatic hydroxyl groups is 2. The Morgan fingerprint density at radius 2 is 1.89 bits per heavy atom. The number of rotatable bonds is 3. The average Bonchev–Trinajstić information content (AvgIpc) is 2.79. The zero-order chi connectivity index (χ0) is 13.3. The first-order valence-electron chi connectivity index (χ1n) is 4.82. The normalized spacial score (nSPS) is 11.5. The van der Waals surface area contributed by atoms with Crippen LogP contribution in [0.3, 0.4) is 0 Å². The molecule has 7 heteroatoms. The van der Waals surface area contributed by atoms with E-state index in [0.29, 0.717) is 10.6 Å². The van der Waals surface area contributed by atoms with Crippen molar-refractivity contribution in [1.82, 2.24) is 5.16 Å². The summed E-state index contributed by atoms with van der Waals surface area (Å²) >= 11 is 5.71. The first-order valence-corrected chi connectivity index (χ1v) is 5.20. The summed E-state index contributed by atoms with van der Waals surface area (Å²) < 4.78 is 4.85.